The Bertz CT molecular complexity index is 770. The van der Waals surface area contributed by atoms with Crippen LogP contribution in [0.25, 0.3) is 0 Å². The summed E-state index contributed by atoms with van der Waals surface area (Å²) in [6, 6.07) is 12.1. The van der Waals surface area contributed by atoms with Crippen molar-refractivity contribution < 1.29 is 8.42 Å². The predicted molar refractivity (Wildman–Crippen MR) is 98.7 cm³/mol. The second kappa shape index (κ2) is 7.35. The van der Waals surface area contributed by atoms with Crippen LogP contribution in [0.4, 0.5) is 0 Å². The molecule has 6 heteroatoms. The van der Waals surface area contributed by atoms with Crippen molar-refractivity contribution in [1.82, 2.24) is 9.62 Å². The molecule has 0 radical (unpaired) electrons. The minimum atomic E-state index is -3.40. The van der Waals surface area contributed by atoms with Crippen LogP contribution in [0.1, 0.15) is 25.0 Å². The molecule has 0 saturated carbocycles. The highest BCUT2D eigenvalue weighted by Gasteiger charge is 2.27. The number of fused-ring (bicyclic) bond motifs is 1. The third kappa shape index (κ3) is 3.88. The fourth-order valence-corrected chi connectivity index (χ4v) is 5.36. The molecule has 130 valence electrons. The van der Waals surface area contributed by atoms with E-state index in [0.29, 0.717) is 16.7 Å². The molecule has 1 aromatic heterocycles. The van der Waals surface area contributed by atoms with Gasteiger partial charge in [-0.15, -0.1) is 11.3 Å². The van der Waals surface area contributed by atoms with Crippen molar-refractivity contribution in [3.63, 3.8) is 0 Å². The molecule has 0 fully saturated rings. The van der Waals surface area contributed by atoms with Gasteiger partial charge in [-0.1, -0.05) is 44.2 Å². The van der Waals surface area contributed by atoms with E-state index in [1.54, 1.807) is 17.5 Å². The maximum absolute atomic E-state index is 12.4. The summed E-state index contributed by atoms with van der Waals surface area (Å²) in [4.78, 5) is 2.41. The molecule has 1 aliphatic heterocycles. The molecule has 1 N–H and O–H groups in total. The van der Waals surface area contributed by atoms with Crippen molar-refractivity contribution in [3.05, 3.63) is 52.9 Å². The summed E-state index contributed by atoms with van der Waals surface area (Å²) in [7, 11) is -3.40. The fraction of sp³-hybridized carbons (Fsp3) is 0.444. The monoisotopic (exact) mass is 364 g/mol. The summed E-state index contributed by atoms with van der Waals surface area (Å²) in [6.45, 7) is 6.62. The third-order valence-electron chi connectivity index (χ3n) is 4.64. The number of nitrogens with zero attached hydrogens (tertiary/aromatic N) is 1. The van der Waals surface area contributed by atoms with Crippen LogP contribution in [0.2, 0.25) is 0 Å². The van der Waals surface area contributed by atoms with Gasteiger partial charge in [0, 0.05) is 25.7 Å². The van der Waals surface area contributed by atoms with Crippen LogP contribution in [0.15, 0.2) is 46.0 Å². The highest BCUT2D eigenvalue weighted by atomic mass is 32.2. The Labute approximate surface area is 148 Å². The second-order valence-electron chi connectivity index (χ2n) is 6.58. The van der Waals surface area contributed by atoms with Crippen LogP contribution in [0, 0.1) is 5.92 Å². The first kappa shape index (κ1) is 17.6. The molecule has 0 unspecified atom stereocenters. The topological polar surface area (TPSA) is 49.4 Å². The lowest BCUT2D eigenvalue weighted by atomic mass is 9.95. The summed E-state index contributed by atoms with van der Waals surface area (Å²) < 4.78 is 28.0. The average molecular weight is 365 g/mol. The van der Waals surface area contributed by atoms with Gasteiger partial charge in [-0.05, 0) is 34.9 Å². The maximum atomic E-state index is 12.4. The summed E-state index contributed by atoms with van der Waals surface area (Å²) in [6.07, 6.45) is 1.02. The van der Waals surface area contributed by atoms with E-state index in [2.05, 4.69) is 47.7 Å². The normalized spacial score (nSPS) is 17.0. The number of hydrogen-bond acceptors (Lipinski definition) is 4. The lowest BCUT2D eigenvalue weighted by Gasteiger charge is -2.37. The number of nitrogens with one attached hydrogen (secondary N) is 1. The van der Waals surface area contributed by atoms with Crippen LogP contribution in [0.3, 0.4) is 0 Å². The predicted octanol–water partition coefficient (Wildman–Crippen LogP) is 3.11. The van der Waals surface area contributed by atoms with Gasteiger partial charge in [-0.2, -0.15) is 0 Å². The van der Waals surface area contributed by atoms with Crippen molar-refractivity contribution in [3.8, 4) is 0 Å². The molecular formula is C18H24N2O2S2. The van der Waals surface area contributed by atoms with Crippen LogP contribution >= 0.6 is 11.3 Å². The molecule has 24 heavy (non-hydrogen) atoms. The fourth-order valence-electron chi connectivity index (χ4n) is 3.27. The van der Waals surface area contributed by atoms with Gasteiger partial charge in [0.25, 0.3) is 0 Å². The average Bonchev–Trinajstić information content (AvgIpc) is 3.10. The first-order valence-corrected chi connectivity index (χ1v) is 10.7. The quantitative estimate of drug-likeness (QED) is 0.857. The highest BCUT2D eigenvalue weighted by Crippen LogP contribution is 2.23. The lowest BCUT2D eigenvalue weighted by Crippen LogP contribution is -2.48. The van der Waals surface area contributed by atoms with Crippen molar-refractivity contribution in [2.75, 3.05) is 13.1 Å². The first-order chi connectivity index (χ1) is 11.5. The molecule has 1 aliphatic rings. The van der Waals surface area contributed by atoms with Crippen molar-refractivity contribution in [2.24, 2.45) is 5.92 Å². The van der Waals surface area contributed by atoms with Crippen LogP contribution in [0.5, 0.6) is 0 Å². The smallest absolute Gasteiger partial charge is 0.250 e. The van der Waals surface area contributed by atoms with E-state index >= 15 is 0 Å². The van der Waals surface area contributed by atoms with E-state index in [0.717, 1.165) is 19.5 Å². The van der Waals surface area contributed by atoms with Crippen molar-refractivity contribution >= 4 is 21.4 Å². The van der Waals surface area contributed by atoms with Gasteiger partial charge < -0.3 is 0 Å². The summed E-state index contributed by atoms with van der Waals surface area (Å²) in [5.74, 6) is 0.376. The molecule has 2 aromatic rings. The number of sulfonamides is 1. The van der Waals surface area contributed by atoms with Gasteiger partial charge in [-0.3, -0.25) is 4.90 Å². The van der Waals surface area contributed by atoms with E-state index in [1.807, 2.05) is 0 Å². The Hall–Kier alpha value is -1.21. The molecule has 4 nitrogen and oxygen atoms in total. The standard InChI is InChI=1S/C18H24N2O2S2/c1-14(2)17(12-19-24(21,22)18-8-5-11-23-18)20-10-9-15-6-3-4-7-16(15)13-20/h3-8,11,14,17,19H,9-10,12-13H2,1-2H3/t17-/m1/s1. The molecule has 0 saturated heterocycles. The Morgan fingerprint density at radius 2 is 1.92 bits per heavy atom. The van der Waals surface area contributed by atoms with Gasteiger partial charge >= 0.3 is 0 Å². The van der Waals surface area contributed by atoms with Crippen LogP contribution in [-0.4, -0.2) is 32.4 Å². The van der Waals surface area contributed by atoms with Crippen molar-refractivity contribution in [2.45, 2.75) is 37.1 Å². The molecule has 0 amide bonds. The minimum absolute atomic E-state index is 0.188. The molecule has 0 aliphatic carbocycles. The Morgan fingerprint density at radius 3 is 2.58 bits per heavy atom. The maximum Gasteiger partial charge on any atom is 0.250 e. The number of thiophene rings is 1. The molecule has 1 atom stereocenters. The van der Waals surface area contributed by atoms with Gasteiger partial charge in [0.05, 0.1) is 0 Å². The summed E-state index contributed by atoms with van der Waals surface area (Å²) in [5, 5.41) is 1.79. The molecule has 2 heterocycles. The Balaban J connectivity index is 1.70. The van der Waals surface area contributed by atoms with E-state index < -0.39 is 10.0 Å². The van der Waals surface area contributed by atoms with Crippen molar-refractivity contribution in [1.29, 1.82) is 0 Å². The SMILES string of the molecule is CC(C)[C@@H](CNS(=O)(=O)c1cccs1)N1CCc2ccccc2C1. The van der Waals surface area contributed by atoms with E-state index in [4.69, 9.17) is 0 Å². The van der Waals surface area contributed by atoms with Gasteiger partial charge in [0.2, 0.25) is 10.0 Å². The van der Waals surface area contributed by atoms with E-state index in [9.17, 15) is 8.42 Å². The Morgan fingerprint density at radius 1 is 1.17 bits per heavy atom. The largest absolute Gasteiger partial charge is 0.294 e. The molecule has 0 bridgehead atoms. The first-order valence-electron chi connectivity index (χ1n) is 8.31. The zero-order valence-corrected chi connectivity index (χ0v) is 15.7. The molecule has 1 aromatic carbocycles. The second-order valence-corrected chi connectivity index (χ2v) is 9.53. The van der Waals surface area contributed by atoms with Crippen LogP contribution < -0.4 is 4.72 Å². The van der Waals surface area contributed by atoms with Gasteiger partial charge in [0.1, 0.15) is 4.21 Å². The molecule has 3 rings (SSSR count). The van der Waals surface area contributed by atoms with Gasteiger partial charge in [-0.25, -0.2) is 13.1 Å². The highest BCUT2D eigenvalue weighted by molar-refractivity contribution is 7.91. The zero-order chi connectivity index (χ0) is 17.2. The number of hydrogen-bond donors (Lipinski definition) is 1. The molecule has 0 spiro atoms. The zero-order valence-electron chi connectivity index (χ0n) is 14.1. The minimum Gasteiger partial charge on any atom is -0.294 e. The third-order valence-corrected chi connectivity index (χ3v) is 7.46. The summed E-state index contributed by atoms with van der Waals surface area (Å²) >= 11 is 1.25. The summed E-state index contributed by atoms with van der Waals surface area (Å²) in [5.41, 5.74) is 2.77. The number of rotatable bonds is 6. The Kier molecular flexibility index (Phi) is 5.39. The van der Waals surface area contributed by atoms with E-state index in [-0.39, 0.29) is 6.04 Å². The molecular weight excluding hydrogens is 340 g/mol. The van der Waals surface area contributed by atoms with E-state index in [1.165, 1.54) is 22.5 Å². The number of benzene rings is 1. The van der Waals surface area contributed by atoms with Gasteiger partial charge in [0.15, 0.2) is 0 Å². The van der Waals surface area contributed by atoms with Crippen LogP contribution in [-0.2, 0) is 23.0 Å². The lowest BCUT2D eigenvalue weighted by molar-refractivity contribution is 0.141.